The van der Waals surface area contributed by atoms with Crippen LogP contribution in [0.1, 0.15) is 31.7 Å². The Kier molecular flexibility index (Phi) is 6.88. The molecule has 0 radical (unpaired) electrons. The molecule has 1 aliphatic rings. The average molecular weight is 401 g/mol. The summed E-state index contributed by atoms with van der Waals surface area (Å²) < 4.78 is 34.3. The van der Waals surface area contributed by atoms with Crippen molar-refractivity contribution < 1.29 is 17.9 Å². The van der Waals surface area contributed by atoms with Gasteiger partial charge in [0, 0.05) is 35.8 Å². The molecule has 1 unspecified atom stereocenters. The maximum Gasteiger partial charge on any atom is 0.101 e. The normalized spacial score (nSPS) is 17.5. The lowest BCUT2D eigenvalue weighted by atomic mass is 10.1. The molecule has 1 N–H and O–H groups in total. The van der Waals surface area contributed by atoms with E-state index in [1.807, 2.05) is 12.3 Å². The molecule has 0 amide bonds. The van der Waals surface area contributed by atoms with Crippen LogP contribution in [0.2, 0.25) is 0 Å². The van der Waals surface area contributed by atoms with E-state index in [0.29, 0.717) is 13.0 Å². The van der Waals surface area contributed by atoms with Crippen LogP contribution in [0.4, 0.5) is 0 Å². The number of benzene rings is 1. The van der Waals surface area contributed by atoms with Gasteiger partial charge >= 0.3 is 0 Å². The molecule has 28 heavy (non-hydrogen) atoms. The monoisotopic (exact) mass is 400 g/mol. The summed E-state index contributed by atoms with van der Waals surface area (Å²) in [7, 11) is -4.11. The summed E-state index contributed by atoms with van der Waals surface area (Å²) in [5.41, 5.74) is 3.59. The van der Waals surface area contributed by atoms with Crippen molar-refractivity contribution >= 4 is 27.1 Å². The molecule has 0 spiro atoms. The van der Waals surface area contributed by atoms with Crippen LogP contribution in [0.5, 0.6) is 0 Å². The number of aromatic nitrogens is 1. The van der Waals surface area contributed by atoms with E-state index in [0.717, 1.165) is 23.6 Å². The van der Waals surface area contributed by atoms with Crippen LogP contribution in [-0.2, 0) is 16.7 Å². The van der Waals surface area contributed by atoms with Gasteiger partial charge < -0.3 is 14.0 Å². The predicted octanol–water partition coefficient (Wildman–Crippen LogP) is 2.73. The number of allylic oxidation sites excluding steroid dienone is 3. The Bertz CT molecular complexity index is 1000. The number of rotatable bonds is 9. The van der Waals surface area contributed by atoms with Gasteiger partial charge in [-0.2, -0.15) is 0 Å². The topological polar surface area (TPSA) is 66.6 Å². The standard InChI is InChI=1S/C22H28N2O3S/c1-2-3-13-24-16-11-21-18-20(7-8-22(21)24)6-5-19-9-14-23(15-10-19)12-4-17-28(25,26)27/h5-11,14,16,18H,2-4,12-13,15,17H2,1H3,(H,25,26,27)/b6-5+. The number of quaternary nitrogens is 1. The minimum Gasteiger partial charge on any atom is -0.748 e. The summed E-state index contributed by atoms with van der Waals surface area (Å²) in [6.45, 7) is 4.72. The molecule has 1 atom stereocenters. The van der Waals surface area contributed by atoms with Crippen LogP contribution in [-0.4, -0.2) is 36.4 Å². The molecule has 1 aromatic heterocycles. The fraction of sp³-hybridized carbons (Fsp3) is 0.364. The SMILES string of the molecule is CCCCn1ccc2cc(/C=C/C3=CC[NH+](CCCS(=O)(=O)[O-])C=C3)ccc21. The summed E-state index contributed by atoms with van der Waals surface area (Å²) in [5.74, 6) is -0.288. The molecule has 6 heteroatoms. The molecular weight excluding hydrogens is 372 g/mol. The molecule has 0 bridgehead atoms. The highest BCUT2D eigenvalue weighted by Crippen LogP contribution is 2.19. The van der Waals surface area contributed by atoms with Gasteiger partial charge in [-0.25, -0.2) is 8.42 Å². The molecule has 150 valence electrons. The second-order valence-electron chi connectivity index (χ2n) is 7.28. The Hall–Kier alpha value is -2.15. The van der Waals surface area contributed by atoms with Gasteiger partial charge in [-0.15, -0.1) is 0 Å². The average Bonchev–Trinajstić information content (AvgIpc) is 3.07. The van der Waals surface area contributed by atoms with Gasteiger partial charge in [-0.1, -0.05) is 31.6 Å². The van der Waals surface area contributed by atoms with Gasteiger partial charge in [0.2, 0.25) is 0 Å². The van der Waals surface area contributed by atoms with E-state index in [2.05, 4.69) is 60.2 Å². The lowest BCUT2D eigenvalue weighted by Gasteiger charge is -2.17. The predicted molar refractivity (Wildman–Crippen MR) is 113 cm³/mol. The summed E-state index contributed by atoms with van der Waals surface area (Å²) in [6, 6.07) is 8.72. The van der Waals surface area contributed by atoms with Crippen LogP contribution in [0.3, 0.4) is 0 Å². The fourth-order valence-electron chi connectivity index (χ4n) is 3.42. The zero-order valence-corrected chi connectivity index (χ0v) is 17.1. The van der Waals surface area contributed by atoms with Crippen molar-refractivity contribution in [3.05, 3.63) is 66.0 Å². The maximum atomic E-state index is 10.7. The zero-order valence-electron chi connectivity index (χ0n) is 16.3. The highest BCUT2D eigenvalue weighted by molar-refractivity contribution is 7.85. The first-order chi connectivity index (χ1) is 13.4. The van der Waals surface area contributed by atoms with E-state index in [4.69, 9.17) is 0 Å². The minimum atomic E-state index is -4.11. The van der Waals surface area contributed by atoms with Crippen molar-refractivity contribution in [3.63, 3.8) is 0 Å². The van der Waals surface area contributed by atoms with Crippen molar-refractivity contribution in [2.45, 2.75) is 32.7 Å². The Morgan fingerprint density at radius 3 is 2.79 bits per heavy atom. The quantitative estimate of drug-likeness (QED) is 0.658. The summed E-state index contributed by atoms with van der Waals surface area (Å²) in [4.78, 5) is 1.16. The molecule has 2 aromatic rings. The molecule has 5 nitrogen and oxygen atoms in total. The first kappa shape index (κ1) is 20.6. The van der Waals surface area contributed by atoms with Gasteiger partial charge in [0.15, 0.2) is 0 Å². The smallest absolute Gasteiger partial charge is 0.101 e. The van der Waals surface area contributed by atoms with Crippen LogP contribution in [0, 0.1) is 0 Å². The largest absolute Gasteiger partial charge is 0.748 e. The van der Waals surface area contributed by atoms with Gasteiger partial charge in [0.05, 0.1) is 22.9 Å². The van der Waals surface area contributed by atoms with Gasteiger partial charge in [-0.3, -0.25) is 0 Å². The van der Waals surface area contributed by atoms with E-state index in [9.17, 15) is 13.0 Å². The molecule has 0 aliphatic carbocycles. The summed E-state index contributed by atoms with van der Waals surface area (Å²) in [5, 5.41) is 1.26. The third-order valence-electron chi connectivity index (χ3n) is 5.02. The Morgan fingerprint density at radius 2 is 2.07 bits per heavy atom. The fourth-order valence-corrected chi connectivity index (χ4v) is 3.92. The van der Waals surface area contributed by atoms with Crippen molar-refractivity contribution in [2.75, 3.05) is 18.8 Å². The second-order valence-corrected chi connectivity index (χ2v) is 8.80. The van der Waals surface area contributed by atoms with Crippen LogP contribution < -0.4 is 4.90 Å². The van der Waals surface area contributed by atoms with Gasteiger partial charge in [0.1, 0.15) is 6.54 Å². The molecule has 0 fully saturated rings. The molecule has 3 rings (SSSR count). The molecule has 0 saturated carbocycles. The Morgan fingerprint density at radius 1 is 1.21 bits per heavy atom. The second kappa shape index (κ2) is 9.37. The summed E-state index contributed by atoms with van der Waals surface area (Å²) in [6.07, 6.45) is 15.4. The zero-order chi connectivity index (χ0) is 20.0. The number of hydrogen-bond acceptors (Lipinski definition) is 3. The molecular formula is C22H28N2O3S. The van der Waals surface area contributed by atoms with Gasteiger partial charge in [0.25, 0.3) is 0 Å². The van der Waals surface area contributed by atoms with E-state index >= 15 is 0 Å². The lowest BCUT2D eigenvalue weighted by molar-refractivity contribution is -0.841. The number of hydrogen-bond donors (Lipinski definition) is 1. The van der Waals surface area contributed by atoms with Crippen molar-refractivity contribution in [1.29, 1.82) is 0 Å². The minimum absolute atomic E-state index is 0.288. The number of fused-ring (bicyclic) bond motifs is 1. The van der Waals surface area contributed by atoms with Crippen molar-refractivity contribution in [3.8, 4) is 0 Å². The molecule has 2 heterocycles. The third kappa shape index (κ3) is 5.92. The van der Waals surface area contributed by atoms with Crippen LogP contribution in [0.15, 0.2) is 60.5 Å². The van der Waals surface area contributed by atoms with E-state index in [-0.39, 0.29) is 5.75 Å². The van der Waals surface area contributed by atoms with Crippen molar-refractivity contribution in [1.82, 2.24) is 4.57 Å². The first-order valence-corrected chi connectivity index (χ1v) is 11.5. The third-order valence-corrected chi connectivity index (χ3v) is 5.81. The molecule has 1 aromatic carbocycles. The van der Waals surface area contributed by atoms with Gasteiger partial charge in [-0.05, 0) is 47.9 Å². The van der Waals surface area contributed by atoms with E-state index in [1.165, 1.54) is 29.3 Å². The van der Waals surface area contributed by atoms with Crippen molar-refractivity contribution in [2.24, 2.45) is 0 Å². The number of unbranched alkanes of at least 4 members (excludes halogenated alkanes) is 1. The van der Waals surface area contributed by atoms with E-state index in [1.54, 1.807) is 0 Å². The number of nitrogens with one attached hydrogen (secondary N) is 1. The first-order valence-electron chi connectivity index (χ1n) is 9.88. The Labute approximate surface area is 167 Å². The molecule has 1 aliphatic heterocycles. The maximum absolute atomic E-state index is 10.7. The lowest BCUT2D eigenvalue weighted by Crippen LogP contribution is -3.07. The summed E-state index contributed by atoms with van der Waals surface area (Å²) >= 11 is 0. The van der Waals surface area contributed by atoms with Crippen LogP contribution >= 0.6 is 0 Å². The number of aryl methyl sites for hydroxylation is 1. The molecule has 0 saturated heterocycles. The highest BCUT2D eigenvalue weighted by Gasteiger charge is 2.09. The number of nitrogens with zero attached hydrogens (tertiary/aromatic N) is 1. The van der Waals surface area contributed by atoms with E-state index < -0.39 is 10.1 Å². The highest BCUT2D eigenvalue weighted by atomic mass is 32.2. The Balaban J connectivity index is 1.56. The van der Waals surface area contributed by atoms with Crippen LogP contribution in [0.25, 0.3) is 17.0 Å².